The molecule has 4 aromatic rings. The van der Waals surface area contributed by atoms with Crippen molar-refractivity contribution in [2.45, 2.75) is 25.8 Å². The topological polar surface area (TPSA) is 104 Å². The number of H-pyrrole nitrogens is 1. The van der Waals surface area contributed by atoms with Crippen LogP contribution in [0.25, 0.3) is 22.3 Å². The van der Waals surface area contributed by atoms with Crippen molar-refractivity contribution >= 4 is 22.8 Å². The summed E-state index contributed by atoms with van der Waals surface area (Å²) >= 11 is 0. The minimum atomic E-state index is 0.338. The number of pyridine rings is 1. The van der Waals surface area contributed by atoms with Gasteiger partial charge in [-0.3, -0.25) is 4.90 Å². The Balaban J connectivity index is 1.18. The highest BCUT2D eigenvalue weighted by molar-refractivity contribution is 5.83. The van der Waals surface area contributed by atoms with Crippen LogP contribution >= 0.6 is 0 Å². The third-order valence-corrected chi connectivity index (χ3v) is 6.80. The van der Waals surface area contributed by atoms with Crippen molar-refractivity contribution in [3.8, 4) is 17.1 Å². The van der Waals surface area contributed by atoms with Gasteiger partial charge in [-0.15, -0.1) is 0 Å². The highest BCUT2D eigenvalue weighted by Crippen LogP contribution is 2.30. The van der Waals surface area contributed by atoms with Crippen LogP contribution in [-0.4, -0.2) is 62.6 Å². The maximum absolute atomic E-state index is 5.82. The molecule has 1 atom stereocenters. The summed E-state index contributed by atoms with van der Waals surface area (Å²) < 4.78 is 5.82. The van der Waals surface area contributed by atoms with Gasteiger partial charge in [-0.05, 0) is 55.5 Å². The highest BCUT2D eigenvalue weighted by atomic mass is 16.5. The number of piperazine rings is 1. The molecule has 180 valence electrons. The molecule has 0 radical (unpaired) electrons. The van der Waals surface area contributed by atoms with Crippen LogP contribution < -0.4 is 15.4 Å². The zero-order chi connectivity index (χ0) is 23.6. The van der Waals surface area contributed by atoms with Gasteiger partial charge in [0.1, 0.15) is 12.1 Å². The first-order valence-corrected chi connectivity index (χ1v) is 12.3. The van der Waals surface area contributed by atoms with Gasteiger partial charge in [-0.25, -0.2) is 19.9 Å². The van der Waals surface area contributed by atoms with E-state index < -0.39 is 0 Å². The van der Waals surface area contributed by atoms with E-state index in [1.807, 2.05) is 24.4 Å². The van der Waals surface area contributed by atoms with E-state index in [9.17, 15) is 0 Å². The molecule has 1 aromatic carbocycles. The Hall–Kier alpha value is -3.56. The molecular weight excluding hydrogens is 440 g/mol. The van der Waals surface area contributed by atoms with E-state index >= 15 is 0 Å². The average Bonchev–Trinajstić information content (AvgIpc) is 3.65. The maximum Gasteiger partial charge on any atom is 0.216 e. The Bertz CT molecular complexity index is 1310. The van der Waals surface area contributed by atoms with E-state index in [1.54, 1.807) is 6.33 Å². The average molecular weight is 471 g/mol. The number of anilines is 2. The number of hydrogen-bond donors (Lipinski definition) is 3. The van der Waals surface area contributed by atoms with Crippen LogP contribution in [0.1, 0.15) is 31.4 Å². The Morgan fingerprint density at radius 3 is 2.83 bits per heavy atom. The predicted octanol–water partition coefficient (Wildman–Crippen LogP) is 3.91. The largest absolute Gasteiger partial charge is 0.477 e. The number of ether oxygens (including phenoxy) is 1. The number of hydrogen-bond acceptors (Lipinski definition) is 8. The lowest BCUT2D eigenvalue weighted by molar-refractivity contribution is 0.185. The minimum absolute atomic E-state index is 0.338. The van der Waals surface area contributed by atoms with Gasteiger partial charge in [0.05, 0.1) is 23.3 Å². The van der Waals surface area contributed by atoms with Crippen LogP contribution in [0.3, 0.4) is 0 Å². The molecule has 1 aliphatic carbocycles. The van der Waals surface area contributed by atoms with Gasteiger partial charge in [-0.1, -0.05) is 6.07 Å². The molecule has 9 heteroatoms. The van der Waals surface area contributed by atoms with Crippen LogP contribution in [0.2, 0.25) is 0 Å². The Labute approximate surface area is 204 Å². The molecule has 3 aromatic heterocycles. The van der Waals surface area contributed by atoms with Gasteiger partial charge in [0.2, 0.25) is 11.8 Å². The fourth-order valence-corrected chi connectivity index (χ4v) is 4.47. The molecule has 2 fully saturated rings. The Morgan fingerprint density at radius 2 is 1.97 bits per heavy atom. The molecule has 6 rings (SSSR count). The van der Waals surface area contributed by atoms with E-state index in [0.717, 1.165) is 60.9 Å². The quantitative estimate of drug-likeness (QED) is 0.356. The summed E-state index contributed by atoms with van der Waals surface area (Å²) in [7, 11) is 0. The second kappa shape index (κ2) is 9.59. The Morgan fingerprint density at radius 1 is 1.09 bits per heavy atom. The summed E-state index contributed by atoms with van der Waals surface area (Å²) in [6.07, 6.45) is 5.91. The van der Waals surface area contributed by atoms with Crippen molar-refractivity contribution in [2.24, 2.45) is 5.92 Å². The molecule has 2 aliphatic rings. The van der Waals surface area contributed by atoms with E-state index in [2.05, 4.69) is 60.6 Å². The lowest BCUT2D eigenvalue weighted by atomic mass is 10.1. The van der Waals surface area contributed by atoms with Gasteiger partial charge < -0.3 is 20.4 Å². The lowest BCUT2D eigenvalue weighted by Crippen LogP contribution is -2.44. The number of aromatic nitrogens is 5. The van der Waals surface area contributed by atoms with Gasteiger partial charge in [0, 0.05) is 50.0 Å². The molecule has 1 aliphatic heterocycles. The summed E-state index contributed by atoms with van der Waals surface area (Å²) in [5.41, 5.74) is 4.85. The molecule has 1 saturated heterocycles. The molecule has 0 spiro atoms. The standard InChI is InChI=1S/C26H30N8O/c1-17(34-10-8-27-9-11-34)19-6-7-28-24(13-19)33-26-31-21-5-4-20(12-23(21)32-26)22-14-25(30-16-29-22)35-15-18-2-3-18/h4-7,12-14,16-18,27H,2-3,8-11,15H2,1H3,(H2,28,31,32,33). The SMILES string of the molecule is CC(c1ccnc(Nc2nc3ccc(-c4cc(OCC5CC5)ncn4)cc3[nH]2)c1)N1CCNCC1. The van der Waals surface area contributed by atoms with Gasteiger partial charge in [-0.2, -0.15) is 0 Å². The normalized spacial score (nSPS) is 17.4. The smallest absolute Gasteiger partial charge is 0.216 e. The summed E-state index contributed by atoms with van der Waals surface area (Å²) in [4.78, 5) is 23.8. The molecule has 9 nitrogen and oxygen atoms in total. The summed E-state index contributed by atoms with van der Waals surface area (Å²) in [5.74, 6) is 2.74. The predicted molar refractivity (Wildman–Crippen MR) is 136 cm³/mol. The highest BCUT2D eigenvalue weighted by Gasteiger charge is 2.22. The van der Waals surface area contributed by atoms with E-state index in [0.29, 0.717) is 23.8 Å². The van der Waals surface area contributed by atoms with Crippen molar-refractivity contribution in [1.82, 2.24) is 35.1 Å². The van der Waals surface area contributed by atoms with Crippen molar-refractivity contribution in [2.75, 3.05) is 38.1 Å². The number of rotatable bonds is 8. The molecular formula is C26H30N8O. The molecule has 1 saturated carbocycles. The van der Waals surface area contributed by atoms with Crippen LogP contribution in [0.15, 0.2) is 48.9 Å². The van der Waals surface area contributed by atoms with Gasteiger partial charge >= 0.3 is 0 Å². The second-order valence-electron chi connectivity index (χ2n) is 9.37. The van der Waals surface area contributed by atoms with Crippen LogP contribution in [-0.2, 0) is 0 Å². The fourth-order valence-electron chi connectivity index (χ4n) is 4.47. The number of aromatic amines is 1. The van der Waals surface area contributed by atoms with Crippen LogP contribution in [0, 0.1) is 5.92 Å². The number of nitrogens with one attached hydrogen (secondary N) is 3. The van der Waals surface area contributed by atoms with Crippen molar-refractivity contribution in [3.63, 3.8) is 0 Å². The zero-order valence-corrected chi connectivity index (χ0v) is 19.9. The molecule has 0 amide bonds. The molecule has 1 unspecified atom stereocenters. The van der Waals surface area contributed by atoms with Crippen LogP contribution in [0.5, 0.6) is 5.88 Å². The maximum atomic E-state index is 5.82. The van der Waals surface area contributed by atoms with Gasteiger partial charge in [0.25, 0.3) is 0 Å². The number of fused-ring (bicyclic) bond motifs is 1. The molecule has 3 N–H and O–H groups in total. The van der Waals surface area contributed by atoms with E-state index in [1.165, 1.54) is 18.4 Å². The first-order chi connectivity index (χ1) is 17.2. The zero-order valence-electron chi connectivity index (χ0n) is 19.9. The number of benzene rings is 1. The minimum Gasteiger partial charge on any atom is -0.477 e. The van der Waals surface area contributed by atoms with Crippen molar-refractivity contribution in [3.05, 3.63) is 54.5 Å². The number of nitrogens with zero attached hydrogens (tertiary/aromatic N) is 5. The third-order valence-electron chi connectivity index (χ3n) is 6.80. The molecule has 0 bridgehead atoms. The Kier molecular flexibility index (Phi) is 6.01. The summed E-state index contributed by atoms with van der Waals surface area (Å²) in [5, 5.41) is 6.75. The molecule has 35 heavy (non-hydrogen) atoms. The fraction of sp³-hybridized carbons (Fsp3) is 0.385. The van der Waals surface area contributed by atoms with Crippen molar-refractivity contribution in [1.29, 1.82) is 0 Å². The number of imidazole rings is 1. The third kappa shape index (κ3) is 5.11. The van der Waals surface area contributed by atoms with E-state index in [4.69, 9.17) is 9.72 Å². The first kappa shape index (κ1) is 21.9. The first-order valence-electron chi connectivity index (χ1n) is 12.3. The second-order valence-corrected chi connectivity index (χ2v) is 9.37. The summed E-state index contributed by atoms with van der Waals surface area (Å²) in [6.45, 7) is 7.16. The lowest BCUT2D eigenvalue weighted by Gasteiger charge is -2.33. The van der Waals surface area contributed by atoms with Gasteiger partial charge in [0.15, 0.2) is 0 Å². The summed E-state index contributed by atoms with van der Waals surface area (Å²) in [6, 6.07) is 12.5. The molecule has 4 heterocycles. The monoisotopic (exact) mass is 470 g/mol. The van der Waals surface area contributed by atoms with E-state index in [-0.39, 0.29) is 0 Å². The van der Waals surface area contributed by atoms with Crippen LogP contribution in [0.4, 0.5) is 11.8 Å². The van der Waals surface area contributed by atoms with Crippen molar-refractivity contribution < 1.29 is 4.74 Å².